The van der Waals surface area contributed by atoms with E-state index in [1.54, 1.807) is 18.2 Å². The van der Waals surface area contributed by atoms with Gasteiger partial charge in [0.1, 0.15) is 10.7 Å². The smallest absolute Gasteiger partial charge is 0.286 e. The van der Waals surface area contributed by atoms with E-state index in [1.807, 2.05) is 41.3 Å². The van der Waals surface area contributed by atoms with Crippen LogP contribution in [0.5, 0.6) is 0 Å². The summed E-state index contributed by atoms with van der Waals surface area (Å²) >= 11 is 0. The Morgan fingerprint density at radius 2 is 1.79 bits per heavy atom. The van der Waals surface area contributed by atoms with Crippen LogP contribution in [0.4, 0.5) is 5.69 Å². The number of amidine groups is 1. The van der Waals surface area contributed by atoms with Gasteiger partial charge in [-0.05, 0) is 24.3 Å². The lowest BCUT2D eigenvalue weighted by Crippen LogP contribution is -2.35. The van der Waals surface area contributed by atoms with Crippen LogP contribution < -0.4 is 5.32 Å². The van der Waals surface area contributed by atoms with Crippen molar-refractivity contribution in [2.24, 2.45) is 4.40 Å². The lowest BCUT2D eigenvalue weighted by Gasteiger charge is -2.24. The molecule has 0 atom stereocenters. The summed E-state index contributed by atoms with van der Waals surface area (Å²) in [6, 6.07) is 18.6. The molecule has 7 heteroatoms. The molecular formula is C21H18N4O2S. The van der Waals surface area contributed by atoms with Gasteiger partial charge in [0.25, 0.3) is 10.0 Å². The van der Waals surface area contributed by atoms with Crippen molar-refractivity contribution in [2.45, 2.75) is 11.4 Å². The highest BCUT2D eigenvalue weighted by Crippen LogP contribution is 2.26. The minimum absolute atomic E-state index is 0.179. The number of anilines is 1. The number of benzene rings is 2. The van der Waals surface area contributed by atoms with Crippen LogP contribution in [-0.2, 0) is 16.6 Å². The lowest BCUT2D eigenvalue weighted by atomic mass is 10.2. The molecule has 1 aliphatic heterocycles. The molecule has 0 saturated heterocycles. The van der Waals surface area contributed by atoms with E-state index >= 15 is 0 Å². The fourth-order valence-electron chi connectivity index (χ4n) is 3.17. The largest absolute Gasteiger partial charge is 0.341 e. The molecule has 1 N–H and O–H groups in total. The molecule has 6 nitrogen and oxygen atoms in total. The van der Waals surface area contributed by atoms with E-state index in [9.17, 15) is 8.42 Å². The third-order valence-electron chi connectivity index (χ3n) is 4.40. The van der Waals surface area contributed by atoms with E-state index in [0.717, 1.165) is 16.6 Å². The number of aromatic nitrogens is 1. The van der Waals surface area contributed by atoms with Gasteiger partial charge < -0.3 is 5.32 Å². The Bertz CT molecular complexity index is 1210. The zero-order chi connectivity index (χ0) is 19.6. The van der Waals surface area contributed by atoms with E-state index in [2.05, 4.69) is 20.6 Å². The molecule has 1 aromatic heterocycles. The van der Waals surface area contributed by atoms with Crippen molar-refractivity contribution >= 4 is 32.4 Å². The number of rotatable bonds is 5. The minimum atomic E-state index is -3.72. The number of hydrogen-bond acceptors (Lipinski definition) is 5. The average Bonchev–Trinajstić information content (AvgIpc) is 2.67. The van der Waals surface area contributed by atoms with Gasteiger partial charge in [-0.1, -0.05) is 42.3 Å². The van der Waals surface area contributed by atoms with Crippen molar-refractivity contribution in [3.05, 3.63) is 66.4 Å². The van der Waals surface area contributed by atoms with Gasteiger partial charge in [-0.15, -0.1) is 10.8 Å². The maximum Gasteiger partial charge on any atom is 0.286 e. The van der Waals surface area contributed by atoms with Gasteiger partial charge in [-0.2, -0.15) is 8.42 Å². The summed E-state index contributed by atoms with van der Waals surface area (Å²) in [5, 5.41) is 4.16. The number of pyridine rings is 1. The van der Waals surface area contributed by atoms with Gasteiger partial charge in [0.15, 0.2) is 0 Å². The van der Waals surface area contributed by atoms with Crippen LogP contribution in [0.3, 0.4) is 0 Å². The Morgan fingerprint density at radius 3 is 2.64 bits per heavy atom. The van der Waals surface area contributed by atoms with Crippen LogP contribution in [0.2, 0.25) is 0 Å². The Balaban J connectivity index is 1.57. The zero-order valence-corrected chi connectivity index (χ0v) is 15.9. The summed E-state index contributed by atoms with van der Waals surface area (Å²) in [5.74, 6) is 2.96. The highest BCUT2D eigenvalue weighted by atomic mass is 32.2. The molecule has 0 unspecified atom stereocenters. The predicted octanol–water partition coefficient (Wildman–Crippen LogP) is 2.88. The van der Waals surface area contributed by atoms with Crippen LogP contribution in [0.25, 0.3) is 10.9 Å². The predicted molar refractivity (Wildman–Crippen MR) is 111 cm³/mol. The van der Waals surface area contributed by atoms with E-state index in [4.69, 9.17) is 6.42 Å². The van der Waals surface area contributed by atoms with Gasteiger partial charge in [0.05, 0.1) is 30.0 Å². The Labute approximate surface area is 164 Å². The van der Waals surface area contributed by atoms with Gasteiger partial charge in [0.2, 0.25) is 0 Å². The molecule has 0 amide bonds. The van der Waals surface area contributed by atoms with E-state index in [0.29, 0.717) is 24.6 Å². The number of nitrogens with zero attached hydrogens (tertiary/aromatic N) is 3. The minimum Gasteiger partial charge on any atom is -0.341 e. The zero-order valence-electron chi connectivity index (χ0n) is 15.0. The van der Waals surface area contributed by atoms with Crippen LogP contribution in [0, 0.1) is 12.3 Å². The van der Waals surface area contributed by atoms with Crippen molar-refractivity contribution in [2.75, 3.05) is 18.4 Å². The summed E-state index contributed by atoms with van der Waals surface area (Å²) in [5.41, 5.74) is 2.29. The summed E-state index contributed by atoms with van der Waals surface area (Å²) in [4.78, 5) is 6.77. The topological polar surface area (TPSA) is 74.7 Å². The second kappa shape index (κ2) is 7.43. The molecular weight excluding hydrogens is 372 g/mol. The van der Waals surface area contributed by atoms with Crippen molar-refractivity contribution in [1.82, 2.24) is 9.88 Å². The van der Waals surface area contributed by atoms with E-state index < -0.39 is 10.0 Å². The third-order valence-corrected chi connectivity index (χ3v) is 5.78. The molecule has 2 aromatic carbocycles. The molecule has 0 fully saturated rings. The SMILES string of the molecule is C#CCN(CC1=NS(=O)(=O)c2ccccc2N1)Cc1ccc2ccccc2n1. The van der Waals surface area contributed by atoms with Crippen molar-refractivity contribution in [3.63, 3.8) is 0 Å². The fraction of sp³-hybridized carbons (Fsp3) is 0.143. The molecule has 0 radical (unpaired) electrons. The second-order valence-corrected chi connectivity index (χ2v) is 8.05. The highest BCUT2D eigenvalue weighted by molar-refractivity contribution is 7.90. The van der Waals surface area contributed by atoms with Crippen molar-refractivity contribution < 1.29 is 8.42 Å². The van der Waals surface area contributed by atoms with Crippen molar-refractivity contribution in [3.8, 4) is 12.3 Å². The summed E-state index contributed by atoms with van der Waals surface area (Å²) in [6.07, 6.45) is 5.52. The first-order valence-electron chi connectivity index (χ1n) is 8.75. The maximum atomic E-state index is 12.4. The number of terminal acetylenes is 1. The first kappa shape index (κ1) is 18.2. The molecule has 1 aliphatic rings. The van der Waals surface area contributed by atoms with E-state index in [-0.39, 0.29) is 11.4 Å². The number of nitrogens with one attached hydrogen (secondary N) is 1. The third kappa shape index (κ3) is 3.74. The molecule has 0 saturated carbocycles. The second-order valence-electron chi connectivity index (χ2n) is 6.48. The summed E-state index contributed by atoms with van der Waals surface area (Å²) < 4.78 is 28.8. The van der Waals surface area contributed by atoms with Gasteiger partial charge in [-0.25, -0.2) is 0 Å². The average molecular weight is 390 g/mol. The highest BCUT2D eigenvalue weighted by Gasteiger charge is 2.25. The molecule has 0 bridgehead atoms. The van der Waals surface area contributed by atoms with Crippen LogP contribution in [-0.4, -0.2) is 37.2 Å². The number of hydrogen-bond donors (Lipinski definition) is 1. The van der Waals surface area contributed by atoms with Gasteiger partial charge >= 0.3 is 0 Å². The van der Waals surface area contributed by atoms with Crippen LogP contribution in [0.15, 0.2) is 70.0 Å². The van der Waals surface area contributed by atoms with Gasteiger partial charge in [0, 0.05) is 11.9 Å². The Kier molecular flexibility index (Phi) is 4.82. The molecule has 2 heterocycles. The van der Waals surface area contributed by atoms with E-state index in [1.165, 1.54) is 6.07 Å². The molecule has 140 valence electrons. The lowest BCUT2D eigenvalue weighted by molar-refractivity contribution is 0.338. The normalized spacial score (nSPS) is 14.8. The Morgan fingerprint density at radius 1 is 1.00 bits per heavy atom. The number of para-hydroxylation sites is 2. The summed E-state index contributed by atoms with van der Waals surface area (Å²) in [6.45, 7) is 1.10. The molecule has 4 rings (SSSR count). The quantitative estimate of drug-likeness (QED) is 0.678. The monoisotopic (exact) mass is 390 g/mol. The van der Waals surface area contributed by atoms with Crippen molar-refractivity contribution in [1.29, 1.82) is 0 Å². The van der Waals surface area contributed by atoms with Gasteiger partial charge in [-0.3, -0.25) is 9.88 Å². The maximum absolute atomic E-state index is 12.4. The van der Waals surface area contributed by atoms with Crippen LogP contribution in [0.1, 0.15) is 5.69 Å². The Hall–Kier alpha value is -3.21. The number of sulfonamides is 1. The standard InChI is InChI=1S/C21H18N4O2S/c1-2-13-25(14-17-12-11-16-7-3-4-8-18(16)22-17)15-21-23-19-9-5-6-10-20(19)28(26,27)24-21/h1,3-12H,13-15H2,(H,23,24). The first-order valence-corrected chi connectivity index (χ1v) is 10.2. The molecule has 3 aromatic rings. The fourth-order valence-corrected chi connectivity index (χ4v) is 4.31. The summed E-state index contributed by atoms with van der Waals surface area (Å²) in [7, 11) is -3.72. The molecule has 28 heavy (non-hydrogen) atoms. The molecule has 0 spiro atoms. The van der Waals surface area contributed by atoms with Crippen LogP contribution >= 0.6 is 0 Å². The first-order chi connectivity index (χ1) is 13.5. The molecule has 0 aliphatic carbocycles. The number of fused-ring (bicyclic) bond motifs is 2.